The molecule has 4 nitrogen and oxygen atoms in total. The first kappa shape index (κ1) is 21.4. The summed E-state index contributed by atoms with van der Waals surface area (Å²) in [5.41, 5.74) is -0.655. The monoisotopic (exact) mass is 414 g/mol. The van der Waals surface area contributed by atoms with Crippen LogP contribution in [0.5, 0.6) is 0 Å². The second-order valence-corrected chi connectivity index (χ2v) is 5.78. The molecule has 0 N–H and O–H groups in total. The Kier molecular flexibility index (Phi) is 6.80. The highest BCUT2D eigenvalue weighted by Crippen LogP contribution is 2.30. The van der Waals surface area contributed by atoms with Gasteiger partial charge in [0.1, 0.15) is 11.9 Å². The highest BCUT2D eigenvalue weighted by atomic mass is 35.5. The van der Waals surface area contributed by atoms with Gasteiger partial charge in [-0.2, -0.15) is 13.2 Å². The normalized spacial score (nSPS) is 12.1. The van der Waals surface area contributed by atoms with Crippen molar-refractivity contribution in [3.8, 4) is 0 Å². The topological polar surface area (TPSA) is 44.1 Å². The number of rotatable bonds is 5. The van der Waals surface area contributed by atoms with Gasteiger partial charge in [-0.25, -0.2) is 14.2 Å². The molecule has 0 aliphatic carbocycles. The molecule has 1 unspecified atom stereocenters. The molecule has 0 fully saturated rings. The maximum absolute atomic E-state index is 13.2. The van der Waals surface area contributed by atoms with Crippen LogP contribution in [0.15, 0.2) is 67.3 Å². The second-order valence-electron chi connectivity index (χ2n) is 5.78. The lowest BCUT2D eigenvalue weighted by Gasteiger charge is -2.19. The van der Waals surface area contributed by atoms with E-state index in [1.165, 1.54) is 42.9 Å². The minimum atomic E-state index is -4.57. The van der Waals surface area contributed by atoms with Crippen molar-refractivity contribution in [2.24, 2.45) is 0 Å². The molecule has 1 heterocycles. The van der Waals surface area contributed by atoms with Crippen molar-refractivity contribution in [2.45, 2.75) is 18.8 Å². The Hall–Kier alpha value is -2.87. The Morgan fingerprint density at radius 3 is 2.46 bits per heavy atom. The smallest absolute Gasteiger partial charge is 0.416 e. The van der Waals surface area contributed by atoms with Gasteiger partial charge in [0.15, 0.2) is 0 Å². The molecule has 1 atom stereocenters. The van der Waals surface area contributed by atoms with E-state index in [0.29, 0.717) is 5.56 Å². The van der Waals surface area contributed by atoms with E-state index >= 15 is 0 Å². The van der Waals surface area contributed by atoms with Crippen molar-refractivity contribution in [1.82, 2.24) is 9.55 Å². The minimum Gasteiger partial charge on any atom is -0.452 e. The van der Waals surface area contributed by atoms with E-state index in [4.69, 9.17) is 4.74 Å². The number of benzene rings is 2. The number of ether oxygens (including phenoxy) is 1. The number of alkyl halides is 3. The molecule has 9 heteroatoms. The average Bonchev–Trinajstić information content (AvgIpc) is 3.14. The van der Waals surface area contributed by atoms with Crippen molar-refractivity contribution in [2.75, 3.05) is 0 Å². The highest BCUT2D eigenvalue weighted by molar-refractivity contribution is 5.89. The number of hydrogen-bond acceptors (Lipinski definition) is 3. The van der Waals surface area contributed by atoms with Crippen LogP contribution in [0, 0.1) is 5.82 Å². The fourth-order valence-electron chi connectivity index (χ4n) is 2.49. The van der Waals surface area contributed by atoms with Crippen molar-refractivity contribution < 1.29 is 27.1 Å². The number of esters is 1. The Bertz CT molecular complexity index is 912. The summed E-state index contributed by atoms with van der Waals surface area (Å²) in [6.07, 6.45) is -0.704. The molecular weight excluding hydrogens is 400 g/mol. The van der Waals surface area contributed by atoms with Gasteiger partial charge in [0, 0.05) is 12.4 Å². The van der Waals surface area contributed by atoms with Crippen LogP contribution in [0.1, 0.15) is 27.6 Å². The molecule has 0 saturated carbocycles. The van der Waals surface area contributed by atoms with Crippen LogP contribution in [0.4, 0.5) is 17.6 Å². The Labute approximate surface area is 164 Å². The van der Waals surface area contributed by atoms with Gasteiger partial charge in [0.25, 0.3) is 0 Å². The van der Waals surface area contributed by atoms with Crippen molar-refractivity contribution in [1.29, 1.82) is 0 Å². The summed E-state index contributed by atoms with van der Waals surface area (Å²) in [6.45, 7) is 0.177. The van der Waals surface area contributed by atoms with Crippen molar-refractivity contribution >= 4 is 18.4 Å². The van der Waals surface area contributed by atoms with Crippen LogP contribution in [-0.4, -0.2) is 15.5 Å². The van der Waals surface area contributed by atoms with Gasteiger partial charge in [-0.1, -0.05) is 18.2 Å². The molecule has 0 aliphatic rings. The molecule has 3 aromatic rings. The van der Waals surface area contributed by atoms with Gasteiger partial charge in [-0.15, -0.1) is 12.4 Å². The van der Waals surface area contributed by atoms with Gasteiger partial charge in [0.2, 0.25) is 0 Å². The molecule has 0 aliphatic heterocycles. The lowest BCUT2D eigenvalue weighted by atomic mass is 10.1. The number of halogens is 5. The number of hydrogen-bond donors (Lipinski definition) is 0. The van der Waals surface area contributed by atoms with E-state index in [1.54, 1.807) is 10.8 Å². The Balaban J connectivity index is 0.00000280. The third-order valence-corrected chi connectivity index (χ3v) is 3.85. The molecule has 0 radical (unpaired) electrons. The van der Waals surface area contributed by atoms with E-state index in [-0.39, 0.29) is 24.5 Å². The first-order valence-corrected chi connectivity index (χ1v) is 7.92. The maximum atomic E-state index is 13.2. The third kappa shape index (κ3) is 5.32. The van der Waals surface area contributed by atoms with Gasteiger partial charge >= 0.3 is 12.1 Å². The Morgan fingerprint density at radius 2 is 1.86 bits per heavy atom. The van der Waals surface area contributed by atoms with Crippen molar-refractivity contribution in [3.05, 3.63) is 89.8 Å². The molecule has 0 saturated heterocycles. The van der Waals surface area contributed by atoms with Crippen LogP contribution >= 0.6 is 12.4 Å². The minimum absolute atomic E-state index is 0. The maximum Gasteiger partial charge on any atom is 0.416 e. The lowest BCUT2D eigenvalue weighted by molar-refractivity contribution is -0.137. The van der Waals surface area contributed by atoms with E-state index < -0.39 is 29.6 Å². The molecule has 1 aromatic heterocycles. The predicted molar refractivity (Wildman–Crippen MR) is 95.5 cm³/mol. The fraction of sp³-hybridized carbons (Fsp3) is 0.158. The summed E-state index contributed by atoms with van der Waals surface area (Å²) in [5.74, 6) is -1.36. The fourth-order valence-corrected chi connectivity index (χ4v) is 2.49. The standard InChI is InChI=1S/C19H14F4N2O2.ClH/c20-16-6-4-13(5-7-16)17(11-25-9-8-24-12-25)27-18(26)14-2-1-3-15(10-14)19(21,22)23;/h1-10,12,17H,11H2;1H. The number of imidazole rings is 1. The molecule has 3 rings (SSSR count). The molecular formula is C19H15ClF4N2O2. The van der Waals surface area contributed by atoms with E-state index in [0.717, 1.165) is 18.2 Å². The summed E-state index contributed by atoms with van der Waals surface area (Å²) >= 11 is 0. The quantitative estimate of drug-likeness (QED) is 0.433. The van der Waals surface area contributed by atoms with E-state index in [1.807, 2.05) is 0 Å². The largest absolute Gasteiger partial charge is 0.452 e. The van der Waals surface area contributed by atoms with Crippen LogP contribution < -0.4 is 0 Å². The van der Waals surface area contributed by atoms with Gasteiger partial charge in [0.05, 0.1) is 24.0 Å². The van der Waals surface area contributed by atoms with Crippen LogP contribution in [0.3, 0.4) is 0 Å². The summed E-state index contributed by atoms with van der Waals surface area (Å²) < 4.78 is 58.8. The Morgan fingerprint density at radius 1 is 1.14 bits per heavy atom. The number of nitrogens with zero attached hydrogens (tertiary/aromatic N) is 2. The lowest BCUT2D eigenvalue weighted by Crippen LogP contribution is -2.17. The zero-order valence-corrected chi connectivity index (χ0v) is 15.1. The van der Waals surface area contributed by atoms with Gasteiger partial charge < -0.3 is 9.30 Å². The molecule has 28 heavy (non-hydrogen) atoms. The highest BCUT2D eigenvalue weighted by Gasteiger charge is 2.31. The summed E-state index contributed by atoms with van der Waals surface area (Å²) in [5, 5.41) is 0. The molecule has 0 bridgehead atoms. The zero-order valence-electron chi connectivity index (χ0n) is 14.3. The zero-order chi connectivity index (χ0) is 19.4. The first-order chi connectivity index (χ1) is 12.8. The molecule has 0 amide bonds. The summed E-state index contributed by atoms with van der Waals surface area (Å²) in [4.78, 5) is 16.3. The van der Waals surface area contributed by atoms with Gasteiger partial charge in [-0.3, -0.25) is 0 Å². The molecule has 0 spiro atoms. The molecule has 148 valence electrons. The van der Waals surface area contributed by atoms with Crippen molar-refractivity contribution in [3.63, 3.8) is 0 Å². The van der Waals surface area contributed by atoms with E-state index in [9.17, 15) is 22.4 Å². The summed E-state index contributed by atoms with van der Waals surface area (Å²) in [6, 6.07) is 9.34. The summed E-state index contributed by atoms with van der Waals surface area (Å²) in [7, 11) is 0. The second kappa shape index (κ2) is 8.88. The first-order valence-electron chi connectivity index (χ1n) is 7.92. The SMILES string of the molecule is Cl.O=C(OC(Cn1ccnc1)c1ccc(F)cc1)c1cccc(C(F)(F)F)c1. The van der Waals surface area contributed by atoms with E-state index in [2.05, 4.69) is 4.98 Å². The third-order valence-electron chi connectivity index (χ3n) is 3.85. The van der Waals surface area contributed by atoms with Gasteiger partial charge in [-0.05, 0) is 35.9 Å². The number of carbonyl (C=O) groups is 1. The average molecular weight is 415 g/mol. The van der Waals surface area contributed by atoms with Crippen LogP contribution in [0.2, 0.25) is 0 Å². The predicted octanol–water partition coefficient (Wildman–Crippen LogP) is 5.06. The van der Waals surface area contributed by atoms with Crippen LogP contribution in [0.25, 0.3) is 0 Å². The van der Waals surface area contributed by atoms with Crippen LogP contribution in [-0.2, 0) is 17.5 Å². The number of carbonyl (C=O) groups excluding carboxylic acids is 1. The number of aromatic nitrogens is 2. The molecule has 2 aromatic carbocycles.